The monoisotopic (exact) mass is 543 g/mol. The Labute approximate surface area is 246 Å². The van der Waals surface area contributed by atoms with E-state index in [0.717, 1.165) is 40.7 Å². The van der Waals surface area contributed by atoms with Gasteiger partial charge >= 0.3 is 0 Å². The average Bonchev–Trinajstić information content (AvgIpc) is 3.33. The molecule has 0 amide bonds. The number of aromatic nitrogens is 1. The molecule has 3 aromatic carbocycles. The minimum absolute atomic E-state index is 0.0698. The zero-order valence-electron chi connectivity index (χ0n) is 26.6. The van der Waals surface area contributed by atoms with Crippen molar-refractivity contribution in [3.8, 4) is 22.4 Å². The molecule has 1 aliphatic rings. The van der Waals surface area contributed by atoms with Crippen LogP contribution in [0.1, 0.15) is 102 Å². The van der Waals surface area contributed by atoms with Crippen LogP contribution in [0.5, 0.6) is 0 Å². The van der Waals surface area contributed by atoms with Gasteiger partial charge in [0.25, 0.3) is 0 Å². The topological polar surface area (TPSA) is 26.0 Å². The molecule has 2 nitrogen and oxygen atoms in total. The number of fused-ring (bicyclic) bond motifs is 6. The predicted octanol–water partition coefficient (Wildman–Crippen LogP) is 11.5. The van der Waals surface area contributed by atoms with E-state index in [4.69, 9.17) is 9.40 Å². The molecule has 2 heteroatoms. The molecule has 0 unspecified atom stereocenters. The van der Waals surface area contributed by atoms with Gasteiger partial charge in [-0.3, -0.25) is 4.98 Å². The van der Waals surface area contributed by atoms with Gasteiger partial charge in [0.15, 0.2) is 0 Å². The average molecular weight is 544 g/mol. The Kier molecular flexibility index (Phi) is 6.31. The summed E-state index contributed by atoms with van der Waals surface area (Å²) in [6, 6.07) is 20.6. The Balaban J connectivity index is 1.64. The van der Waals surface area contributed by atoms with Gasteiger partial charge in [-0.2, -0.15) is 0 Å². The standard InChI is InChI=1S/C39H45NO/c1-23(2)30-20-40-33(17-25(30)4)35-24(3)15-16-27-29-18-28-26-13-11-12-14-31(26)39(21-37(5,6)7,22-38(8,9)10)32(28)19-34(29)41-36(27)35/h11-20,23H,21-22H2,1-10H3. The molecule has 1 aliphatic carbocycles. The van der Waals surface area contributed by atoms with Crippen LogP contribution in [0, 0.1) is 24.7 Å². The molecule has 2 heterocycles. The Morgan fingerprint density at radius 1 is 0.756 bits per heavy atom. The number of benzene rings is 3. The van der Waals surface area contributed by atoms with E-state index in [9.17, 15) is 0 Å². The fraction of sp³-hybridized carbons (Fsp3) is 0.410. The summed E-state index contributed by atoms with van der Waals surface area (Å²) in [6.07, 6.45) is 4.22. The normalized spacial score (nSPS) is 14.7. The molecular formula is C39H45NO. The molecule has 0 N–H and O–H groups in total. The Morgan fingerprint density at radius 2 is 1.44 bits per heavy atom. The highest BCUT2D eigenvalue weighted by molar-refractivity contribution is 6.12. The number of aryl methyl sites for hydroxylation is 2. The van der Waals surface area contributed by atoms with E-state index in [-0.39, 0.29) is 16.2 Å². The number of nitrogens with zero attached hydrogens (tertiary/aromatic N) is 1. The van der Waals surface area contributed by atoms with Crippen LogP contribution in [0.25, 0.3) is 44.3 Å². The fourth-order valence-electron chi connectivity index (χ4n) is 7.76. The third kappa shape index (κ3) is 4.60. The Morgan fingerprint density at radius 3 is 2.07 bits per heavy atom. The van der Waals surface area contributed by atoms with Gasteiger partial charge in [0.1, 0.15) is 11.2 Å². The lowest BCUT2D eigenvalue weighted by atomic mass is 9.62. The zero-order chi connectivity index (χ0) is 29.5. The second-order valence-corrected chi connectivity index (χ2v) is 15.3. The van der Waals surface area contributed by atoms with Gasteiger partial charge in [0, 0.05) is 27.9 Å². The maximum atomic E-state index is 6.87. The lowest BCUT2D eigenvalue weighted by Gasteiger charge is -2.42. The highest BCUT2D eigenvalue weighted by Gasteiger charge is 2.47. The molecule has 5 aromatic rings. The third-order valence-corrected chi connectivity index (χ3v) is 8.93. The van der Waals surface area contributed by atoms with Gasteiger partial charge in [0.05, 0.1) is 5.69 Å². The van der Waals surface area contributed by atoms with Gasteiger partial charge in [-0.15, -0.1) is 0 Å². The highest BCUT2D eigenvalue weighted by Crippen LogP contribution is 2.59. The SMILES string of the molecule is Cc1cc(-c2c(C)ccc3c2oc2cc4c(cc23)-c2ccccc2C4(CC(C)(C)C)CC(C)(C)C)ncc1C(C)C. The van der Waals surface area contributed by atoms with Crippen LogP contribution >= 0.6 is 0 Å². The summed E-state index contributed by atoms with van der Waals surface area (Å²) in [4.78, 5) is 4.95. The summed E-state index contributed by atoms with van der Waals surface area (Å²) >= 11 is 0. The van der Waals surface area contributed by atoms with E-state index in [0.29, 0.717) is 5.92 Å². The van der Waals surface area contributed by atoms with E-state index in [1.165, 1.54) is 44.3 Å². The maximum absolute atomic E-state index is 6.87. The van der Waals surface area contributed by atoms with Gasteiger partial charge in [0.2, 0.25) is 0 Å². The second kappa shape index (κ2) is 9.31. The van der Waals surface area contributed by atoms with Crippen LogP contribution in [0.2, 0.25) is 0 Å². The summed E-state index contributed by atoms with van der Waals surface area (Å²) in [5.41, 5.74) is 13.7. The molecule has 0 bridgehead atoms. The number of pyridine rings is 1. The molecule has 6 rings (SSSR count). The Hall–Kier alpha value is -3.39. The van der Waals surface area contributed by atoms with E-state index >= 15 is 0 Å². The summed E-state index contributed by atoms with van der Waals surface area (Å²) in [5.74, 6) is 0.450. The van der Waals surface area contributed by atoms with Crippen molar-refractivity contribution in [3.05, 3.63) is 88.6 Å². The van der Waals surface area contributed by atoms with Crippen molar-refractivity contribution in [3.63, 3.8) is 0 Å². The smallest absolute Gasteiger partial charge is 0.145 e. The fourth-order valence-corrected chi connectivity index (χ4v) is 7.76. The van der Waals surface area contributed by atoms with Gasteiger partial charge < -0.3 is 4.42 Å². The van der Waals surface area contributed by atoms with Crippen LogP contribution < -0.4 is 0 Å². The van der Waals surface area contributed by atoms with Gasteiger partial charge in [-0.25, -0.2) is 0 Å². The van der Waals surface area contributed by atoms with Crippen molar-refractivity contribution >= 4 is 21.9 Å². The first kappa shape index (κ1) is 27.8. The number of rotatable bonds is 4. The molecule has 0 radical (unpaired) electrons. The van der Waals surface area contributed by atoms with Crippen molar-refractivity contribution in [1.82, 2.24) is 4.98 Å². The van der Waals surface area contributed by atoms with Crippen molar-refractivity contribution in [2.75, 3.05) is 0 Å². The largest absolute Gasteiger partial charge is 0.455 e. The molecule has 41 heavy (non-hydrogen) atoms. The van der Waals surface area contributed by atoms with Crippen molar-refractivity contribution in [2.24, 2.45) is 10.8 Å². The lowest BCUT2D eigenvalue weighted by molar-refractivity contribution is 0.214. The molecule has 0 fully saturated rings. The zero-order valence-corrected chi connectivity index (χ0v) is 26.6. The van der Waals surface area contributed by atoms with Crippen molar-refractivity contribution in [2.45, 2.75) is 93.4 Å². The minimum Gasteiger partial charge on any atom is -0.455 e. The summed E-state index contributed by atoms with van der Waals surface area (Å²) < 4.78 is 6.87. The lowest BCUT2D eigenvalue weighted by Crippen LogP contribution is -2.35. The molecular weight excluding hydrogens is 498 g/mol. The first-order chi connectivity index (χ1) is 19.2. The number of hydrogen-bond donors (Lipinski definition) is 0. The third-order valence-electron chi connectivity index (χ3n) is 8.93. The molecule has 0 saturated heterocycles. The van der Waals surface area contributed by atoms with Gasteiger partial charge in [-0.1, -0.05) is 91.8 Å². The van der Waals surface area contributed by atoms with Crippen molar-refractivity contribution < 1.29 is 4.42 Å². The van der Waals surface area contributed by atoms with E-state index in [2.05, 4.69) is 130 Å². The van der Waals surface area contributed by atoms with Crippen LogP contribution in [0.3, 0.4) is 0 Å². The van der Waals surface area contributed by atoms with Crippen LogP contribution in [0.4, 0.5) is 0 Å². The van der Waals surface area contributed by atoms with E-state index in [1.54, 1.807) is 0 Å². The molecule has 0 saturated carbocycles. The molecule has 0 atom stereocenters. The quantitative estimate of drug-likeness (QED) is 0.225. The molecule has 0 spiro atoms. The van der Waals surface area contributed by atoms with E-state index in [1.807, 2.05) is 0 Å². The minimum atomic E-state index is -0.0698. The van der Waals surface area contributed by atoms with Crippen LogP contribution in [-0.2, 0) is 5.41 Å². The summed E-state index contributed by atoms with van der Waals surface area (Å²) in [5, 5.41) is 2.35. The Bertz CT molecular complexity index is 1790. The highest BCUT2D eigenvalue weighted by atomic mass is 16.3. The molecule has 0 aliphatic heterocycles. The first-order valence-corrected chi connectivity index (χ1v) is 15.3. The molecule has 2 aromatic heterocycles. The van der Waals surface area contributed by atoms with Crippen LogP contribution in [-0.4, -0.2) is 4.98 Å². The maximum Gasteiger partial charge on any atom is 0.145 e. The summed E-state index contributed by atoms with van der Waals surface area (Å²) in [7, 11) is 0. The van der Waals surface area contributed by atoms with Gasteiger partial charge in [-0.05, 0) is 101 Å². The molecule has 212 valence electrons. The number of furan rings is 1. The number of hydrogen-bond acceptors (Lipinski definition) is 2. The summed E-state index contributed by atoms with van der Waals surface area (Å²) in [6.45, 7) is 23.1. The second-order valence-electron chi connectivity index (χ2n) is 15.3. The predicted molar refractivity (Wildman–Crippen MR) is 175 cm³/mol. The van der Waals surface area contributed by atoms with Crippen molar-refractivity contribution in [1.29, 1.82) is 0 Å². The first-order valence-electron chi connectivity index (χ1n) is 15.3. The van der Waals surface area contributed by atoms with E-state index < -0.39 is 0 Å². The van der Waals surface area contributed by atoms with Crippen LogP contribution in [0.15, 0.2) is 65.2 Å².